The second-order valence-corrected chi connectivity index (χ2v) is 5.64. The predicted octanol–water partition coefficient (Wildman–Crippen LogP) is 5.52. The van der Waals surface area contributed by atoms with Crippen LogP contribution in [0.4, 0.5) is 0 Å². The van der Waals surface area contributed by atoms with E-state index in [4.69, 9.17) is 9.47 Å². The standard InChI is InChI=1S/C20H22O2/c1-4-16-12-13-18(20(21-3)22-16)14(2)17-11-7-9-15-8-5-6-10-19(15)17/h5-12,14H,4,13H2,1-3H3. The molecule has 0 aliphatic carbocycles. The Morgan fingerprint density at radius 2 is 1.91 bits per heavy atom. The molecule has 0 saturated heterocycles. The zero-order chi connectivity index (χ0) is 15.5. The van der Waals surface area contributed by atoms with Gasteiger partial charge in [0, 0.05) is 17.9 Å². The molecule has 0 aromatic heterocycles. The minimum atomic E-state index is 0.260. The number of allylic oxidation sites excluding steroid dienone is 3. The van der Waals surface area contributed by atoms with Gasteiger partial charge in [-0.15, -0.1) is 0 Å². The van der Waals surface area contributed by atoms with Crippen LogP contribution in [-0.4, -0.2) is 7.11 Å². The highest BCUT2D eigenvalue weighted by Gasteiger charge is 2.23. The van der Waals surface area contributed by atoms with Crippen molar-refractivity contribution < 1.29 is 9.47 Å². The lowest BCUT2D eigenvalue weighted by Crippen LogP contribution is -2.10. The molecule has 1 heterocycles. The molecule has 0 fully saturated rings. The first kappa shape index (κ1) is 14.7. The number of methoxy groups -OCH3 is 1. The molecule has 0 radical (unpaired) electrons. The van der Waals surface area contributed by atoms with Crippen LogP contribution < -0.4 is 0 Å². The first-order chi connectivity index (χ1) is 10.7. The fraction of sp³-hybridized carbons (Fsp3) is 0.300. The maximum Gasteiger partial charge on any atom is 0.284 e. The molecule has 22 heavy (non-hydrogen) atoms. The van der Waals surface area contributed by atoms with Crippen LogP contribution in [0.5, 0.6) is 0 Å². The Morgan fingerprint density at radius 1 is 1.14 bits per heavy atom. The topological polar surface area (TPSA) is 18.5 Å². The molecule has 0 amide bonds. The van der Waals surface area contributed by atoms with Crippen molar-refractivity contribution in [2.75, 3.05) is 7.11 Å². The van der Waals surface area contributed by atoms with Crippen LogP contribution in [0.3, 0.4) is 0 Å². The van der Waals surface area contributed by atoms with E-state index in [9.17, 15) is 0 Å². The summed E-state index contributed by atoms with van der Waals surface area (Å²) in [7, 11) is 1.68. The third-order valence-corrected chi connectivity index (χ3v) is 4.38. The first-order valence-corrected chi connectivity index (χ1v) is 7.86. The summed E-state index contributed by atoms with van der Waals surface area (Å²) in [6.45, 7) is 4.32. The summed E-state index contributed by atoms with van der Waals surface area (Å²) < 4.78 is 11.4. The quantitative estimate of drug-likeness (QED) is 0.739. The Labute approximate surface area is 132 Å². The molecule has 0 bridgehead atoms. The molecule has 114 valence electrons. The molecule has 0 N–H and O–H groups in total. The Bertz CT molecular complexity index is 735. The molecular weight excluding hydrogens is 272 g/mol. The van der Waals surface area contributed by atoms with Gasteiger partial charge in [-0.25, -0.2) is 0 Å². The number of ether oxygens (including phenoxy) is 2. The van der Waals surface area contributed by atoms with E-state index in [1.807, 2.05) is 0 Å². The van der Waals surface area contributed by atoms with E-state index >= 15 is 0 Å². The van der Waals surface area contributed by atoms with Crippen LogP contribution in [0.1, 0.15) is 38.2 Å². The molecule has 2 aromatic rings. The average Bonchev–Trinajstić information content (AvgIpc) is 2.60. The summed E-state index contributed by atoms with van der Waals surface area (Å²) in [5, 5.41) is 2.57. The lowest BCUT2D eigenvalue weighted by molar-refractivity contribution is 0.0884. The second-order valence-electron chi connectivity index (χ2n) is 5.64. The van der Waals surface area contributed by atoms with Crippen LogP contribution in [0.2, 0.25) is 0 Å². The van der Waals surface area contributed by atoms with Crippen LogP contribution in [-0.2, 0) is 9.47 Å². The van der Waals surface area contributed by atoms with Gasteiger partial charge in [-0.1, -0.05) is 56.3 Å². The number of fused-ring (bicyclic) bond motifs is 1. The summed E-state index contributed by atoms with van der Waals surface area (Å²) in [4.78, 5) is 0. The van der Waals surface area contributed by atoms with Crippen molar-refractivity contribution in [3.8, 4) is 0 Å². The van der Waals surface area contributed by atoms with E-state index in [0.29, 0.717) is 5.95 Å². The zero-order valence-corrected chi connectivity index (χ0v) is 13.4. The lowest BCUT2D eigenvalue weighted by atomic mass is 9.87. The molecule has 3 rings (SSSR count). The van der Waals surface area contributed by atoms with E-state index in [1.54, 1.807) is 7.11 Å². The molecule has 0 saturated carbocycles. The van der Waals surface area contributed by atoms with Gasteiger partial charge in [-0.3, -0.25) is 0 Å². The Morgan fingerprint density at radius 3 is 2.68 bits per heavy atom. The van der Waals surface area contributed by atoms with Gasteiger partial charge < -0.3 is 9.47 Å². The molecule has 1 aliphatic heterocycles. The third kappa shape index (κ3) is 2.61. The number of hydrogen-bond acceptors (Lipinski definition) is 2. The van der Waals surface area contributed by atoms with E-state index < -0.39 is 0 Å². The normalized spacial score (nSPS) is 16.2. The fourth-order valence-corrected chi connectivity index (χ4v) is 3.09. The minimum Gasteiger partial charge on any atom is -0.468 e. The summed E-state index contributed by atoms with van der Waals surface area (Å²) in [6.07, 6.45) is 3.94. The van der Waals surface area contributed by atoms with E-state index in [-0.39, 0.29) is 5.92 Å². The molecule has 0 spiro atoms. The molecular formula is C20H22O2. The predicted molar refractivity (Wildman–Crippen MR) is 90.5 cm³/mol. The monoisotopic (exact) mass is 294 g/mol. The van der Waals surface area contributed by atoms with Crippen molar-refractivity contribution in [1.82, 2.24) is 0 Å². The largest absolute Gasteiger partial charge is 0.468 e. The van der Waals surface area contributed by atoms with Crippen molar-refractivity contribution in [3.63, 3.8) is 0 Å². The number of hydrogen-bond donors (Lipinski definition) is 0. The first-order valence-electron chi connectivity index (χ1n) is 7.86. The summed E-state index contributed by atoms with van der Waals surface area (Å²) in [5.41, 5.74) is 2.52. The Balaban J connectivity index is 2.02. The van der Waals surface area contributed by atoms with Crippen molar-refractivity contribution in [2.24, 2.45) is 0 Å². The lowest BCUT2D eigenvalue weighted by Gasteiger charge is -2.24. The molecule has 1 aliphatic rings. The van der Waals surface area contributed by atoms with Gasteiger partial charge in [0.25, 0.3) is 5.95 Å². The van der Waals surface area contributed by atoms with E-state index in [1.165, 1.54) is 21.9 Å². The van der Waals surface area contributed by atoms with Crippen molar-refractivity contribution in [1.29, 1.82) is 0 Å². The summed E-state index contributed by atoms with van der Waals surface area (Å²) in [5.74, 6) is 1.92. The van der Waals surface area contributed by atoms with E-state index in [0.717, 1.165) is 18.6 Å². The van der Waals surface area contributed by atoms with Crippen LogP contribution in [0.25, 0.3) is 10.8 Å². The molecule has 2 heteroatoms. The summed E-state index contributed by atoms with van der Waals surface area (Å²) in [6, 6.07) is 15.0. The van der Waals surface area contributed by atoms with Crippen molar-refractivity contribution in [3.05, 3.63) is 71.4 Å². The van der Waals surface area contributed by atoms with Gasteiger partial charge in [-0.05, 0) is 28.8 Å². The molecule has 1 unspecified atom stereocenters. The highest BCUT2D eigenvalue weighted by molar-refractivity contribution is 5.86. The Kier molecular flexibility index (Phi) is 4.19. The average molecular weight is 294 g/mol. The maximum absolute atomic E-state index is 5.87. The number of rotatable bonds is 4. The maximum atomic E-state index is 5.87. The van der Waals surface area contributed by atoms with Crippen LogP contribution >= 0.6 is 0 Å². The highest BCUT2D eigenvalue weighted by Crippen LogP contribution is 2.37. The van der Waals surface area contributed by atoms with Crippen LogP contribution in [0, 0.1) is 0 Å². The minimum absolute atomic E-state index is 0.260. The molecule has 1 atom stereocenters. The van der Waals surface area contributed by atoms with Gasteiger partial charge in [0.2, 0.25) is 0 Å². The summed E-state index contributed by atoms with van der Waals surface area (Å²) >= 11 is 0. The number of benzene rings is 2. The van der Waals surface area contributed by atoms with E-state index in [2.05, 4.69) is 62.4 Å². The SMILES string of the molecule is CCC1=CCC(C(C)c2cccc3ccccc23)=C(OC)O1. The van der Waals surface area contributed by atoms with Gasteiger partial charge >= 0.3 is 0 Å². The zero-order valence-electron chi connectivity index (χ0n) is 13.4. The van der Waals surface area contributed by atoms with Gasteiger partial charge in [0.1, 0.15) is 5.76 Å². The Hall–Kier alpha value is -2.22. The smallest absolute Gasteiger partial charge is 0.284 e. The van der Waals surface area contributed by atoms with Gasteiger partial charge in [-0.2, -0.15) is 0 Å². The van der Waals surface area contributed by atoms with Crippen LogP contribution in [0.15, 0.2) is 65.8 Å². The fourth-order valence-electron chi connectivity index (χ4n) is 3.09. The second kappa shape index (κ2) is 6.27. The van der Waals surface area contributed by atoms with Crippen molar-refractivity contribution in [2.45, 2.75) is 32.6 Å². The van der Waals surface area contributed by atoms with Crippen molar-refractivity contribution >= 4 is 10.8 Å². The molecule has 2 nitrogen and oxygen atoms in total. The van der Waals surface area contributed by atoms with Gasteiger partial charge in [0.15, 0.2) is 0 Å². The third-order valence-electron chi connectivity index (χ3n) is 4.38. The highest BCUT2D eigenvalue weighted by atomic mass is 16.7. The van der Waals surface area contributed by atoms with Gasteiger partial charge in [0.05, 0.1) is 7.11 Å². The molecule has 2 aromatic carbocycles.